The second-order valence-electron chi connectivity index (χ2n) is 6.76. The highest BCUT2D eigenvalue weighted by Crippen LogP contribution is 2.29. The van der Waals surface area contributed by atoms with Crippen LogP contribution in [0.25, 0.3) is 0 Å². The molecule has 1 unspecified atom stereocenters. The summed E-state index contributed by atoms with van der Waals surface area (Å²) in [6.07, 6.45) is 10.9. The van der Waals surface area contributed by atoms with E-state index in [1.165, 1.54) is 32.1 Å². The fraction of sp³-hybridized carbons (Fsp3) is 0.812. The monoisotopic (exact) mass is 290 g/mol. The van der Waals surface area contributed by atoms with Crippen LogP contribution in [-0.4, -0.2) is 38.7 Å². The van der Waals surface area contributed by atoms with Crippen LogP contribution in [0.3, 0.4) is 0 Å². The van der Waals surface area contributed by atoms with Gasteiger partial charge in [-0.15, -0.1) is 10.2 Å². The molecule has 1 atom stereocenters. The van der Waals surface area contributed by atoms with E-state index in [4.69, 9.17) is 0 Å². The Morgan fingerprint density at radius 1 is 1.24 bits per heavy atom. The van der Waals surface area contributed by atoms with Crippen molar-refractivity contribution < 1.29 is 4.79 Å². The average molecular weight is 290 g/mol. The van der Waals surface area contributed by atoms with Gasteiger partial charge in [0.25, 0.3) is 0 Å². The zero-order valence-electron chi connectivity index (χ0n) is 13.0. The van der Waals surface area contributed by atoms with E-state index in [1.54, 1.807) is 6.33 Å². The van der Waals surface area contributed by atoms with Crippen LogP contribution in [-0.2, 0) is 18.3 Å². The van der Waals surface area contributed by atoms with E-state index >= 15 is 0 Å². The van der Waals surface area contributed by atoms with Crippen molar-refractivity contribution in [2.45, 2.75) is 51.4 Å². The van der Waals surface area contributed by atoms with E-state index in [9.17, 15) is 4.79 Å². The van der Waals surface area contributed by atoms with Gasteiger partial charge in [0.1, 0.15) is 12.2 Å². The second-order valence-corrected chi connectivity index (χ2v) is 6.76. The first kappa shape index (κ1) is 14.5. The van der Waals surface area contributed by atoms with Crippen LogP contribution >= 0.6 is 0 Å². The van der Waals surface area contributed by atoms with E-state index in [2.05, 4.69) is 15.1 Å². The molecular formula is C16H26N4O. The lowest BCUT2D eigenvalue weighted by molar-refractivity contribution is -0.134. The molecule has 1 aromatic rings. The average Bonchev–Trinajstić information content (AvgIpc) is 3.12. The van der Waals surface area contributed by atoms with Crippen LogP contribution in [0.15, 0.2) is 6.33 Å². The van der Waals surface area contributed by atoms with Crippen molar-refractivity contribution in [3.8, 4) is 0 Å². The normalized spacial score (nSPS) is 23.7. The number of nitrogens with zero attached hydrogens (tertiary/aromatic N) is 4. The summed E-state index contributed by atoms with van der Waals surface area (Å²) in [6, 6.07) is 0. The van der Waals surface area contributed by atoms with E-state index in [0.717, 1.165) is 38.2 Å². The van der Waals surface area contributed by atoms with Crippen molar-refractivity contribution in [3.05, 3.63) is 12.2 Å². The molecule has 1 saturated carbocycles. The molecule has 1 saturated heterocycles. The van der Waals surface area contributed by atoms with Gasteiger partial charge in [-0.2, -0.15) is 0 Å². The first-order chi connectivity index (χ1) is 10.2. The van der Waals surface area contributed by atoms with Crippen LogP contribution in [0.1, 0.15) is 50.8 Å². The highest BCUT2D eigenvalue weighted by atomic mass is 16.2. The minimum absolute atomic E-state index is 0.379. The summed E-state index contributed by atoms with van der Waals surface area (Å²) in [5.41, 5.74) is 0. The minimum atomic E-state index is 0.379. The van der Waals surface area contributed by atoms with Crippen molar-refractivity contribution in [2.24, 2.45) is 18.9 Å². The summed E-state index contributed by atoms with van der Waals surface area (Å²) in [5, 5.41) is 8.11. The lowest BCUT2D eigenvalue weighted by atomic mass is 9.93. The van der Waals surface area contributed by atoms with Crippen molar-refractivity contribution in [2.75, 3.05) is 13.1 Å². The molecule has 3 rings (SSSR count). The number of hydrogen-bond donors (Lipinski definition) is 0. The lowest BCUT2D eigenvalue weighted by Gasteiger charge is -2.33. The number of amides is 1. The standard InChI is InChI=1S/C16H26N4O/c1-19-12-17-18-15(19)9-14-7-4-8-20(11-14)16(21)10-13-5-2-3-6-13/h12-14H,2-11H2,1H3. The predicted octanol–water partition coefficient (Wildman–Crippen LogP) is 2.18. The second kappa shape index (κ2) is 6.58. The maximum Gasteiger partial charge on any atom is 0.222 e. The summed E-state index contributed by atoms with van der Waals surface area (Å²) in [7, 11) is 1.99. The van der Waals surface area contributed by atoms with Crippen molar-refractivity contribution in [1.29, 1.82) is 0 Å². The van der Waals surface area contributed by atoms with Gasteiger partial charge in [-0.05, 0) is 37.5 Å². The lowest BCUT2D eigenvalue weighted by Crippen LogP contribution is -2.41. The van der Waals surface area contributed by atoms with Gasteiger partial charge < -0.3 is 9.47 Å². The maximum atomic E-state index is 12.5. The van der Waals surface area contributed by atoms with Gasteiger partial charge in [-0.1, -0.05) is 12.8 Å². The summed E-state index contributed by atoms with van der Waals surface area (Å²) in [5.74, 6) is 2.60. The van der Waals surface area contributed by atoms with Gasteiger partial charge in [0, 0.05) is 33.0 Å². The van der Waals surface area contributed by atoms with Gasteiger partial charge in [0.05, 0.1) is 0 Å². The van der Waals surface area contributed by atoms with Crippen LogP contribution in [0.2, 0.25) is 0 Å². The Hall–Kier alpha value is -1.39. The van der Waals surface area contributed by atoms with E-state index in [-0.39, 0.29) is 0 Å². The number of aryl methyl sites for hydroxylation is 1. The topological polar surface area (TPSA) is 51.0 Å². The summed E-state index contributed by atoms with van der Waals surface area (Å²) in [6.45, 7) is 1.85. The first-order valence-electron chi connectivity index (χ1n) is 8.33. The van der Waals surface area contributed by atoms with Crippen molar-refractivity contribution in [3.63, 3.8) is 0 Å². The summed E-state index contributed by atoms with van der Waals surface area (Å²) >= 11 is 0. The SMILES string of the molecule is Cn1cnnc1CC1CCCN(C(=O)CC2CCCC2)C1. The highest BCUT2D eigenvalue weighted by molar-refractivity contribution is 5.76. The highest BCUT2D eigenvalue weighted by Gasteiger charge is 2.27. The quantitative estimate of drug-likeness (QED) is 0.854. The number of hydrogen-bond acceptors (Lipinski definition) is 3. The minimum Gasteiger partial charge on any atom is -0.342 e. The third-order valence-corrected chi connectivity index (χ3v) is 5.09. The molecule has 2 fully saturated rings. The van der Waals surface area contributed by atoms with Gasteiger partial charge in [0.2, 0.25) is 5.91 Å². The Bertz CT molecular complexity index is 478. The number of carbonyl (C=O) groups excluding carboxylic acids is 1. The molecule has 1 amide bonds. The molecule has 0 radical (unpaired) electrons. The van der Waals surface area contributed by atoms with Gasteiger partial charge in [0.15, 0.2) is 0 Å². The van der Waals surface area contributed by atoms with Gasteiger partial charge in [-0.25, -0.2) is 0 Å². The predicted molar refractivity (Wildman–Crippen MR) is 80.6 cm³/mol. The zero-order chi connectivity index (χ0) is 14.7. The fourth-order valence-corrected chi connectivity index (χ4v) is 3.80. The molecule has 1 aliphatic heterocycles. The number of carbonyl (C=O) groups is 1. The molecule has 5 heteroatoms. The van der Waals surface area contributed by atoms with Crippen LogP contribution in [0.4, 0.5) is 0 Å². The van der Waals surface area contributed by atoms with Crippen molar-refractivity contribution >= 4 is 5.91 Å². The molecule has 0 spiro atoms. The Balaban J connectivity index is 1.52. The number of rotatable bonds is 4. The molecule has 5 nitrogen and oxygen atoms in total. The Kier molecular flexibility index (Phi) is 4.56. The fourth-order valence-electron chi connectivity index (χ4n) is 3.80. The third-order valence-electron chi connectivity index (χ3n) is 5.09. The molecule has 1 aliphatic carbocycles. The Morgan fingerprint density at radius 2 is 2.00 bits per heavy atom. The third kappa shape index (κ3) is 3.63. The van der Waals surface area contributed by atoms with Gasteiger partial charge >= 0.3 is 0 Å². The zero-order valence-corrected chi connectivity index (χ0v) is 13.0. The molecule has 2 heterocycles. The Morgan fingerprint density at radius 3 is 2.71 bits per heavy atom. The van der Waals surface area contributed by atoms with Crippen molar-refractivity contribution in [1.82, 2.24) is 19.7 Å². The molecule has 2 aliphatic rings. The Labute approximate surface area is 126 Å². The molecule has 0 aromatic carbocycles. The largest absolute Gasteiger partial charge is 0.342 e. The van der Waals surface area contributed by atoms with E-state index in [1.807, 2.05) is 11.6 Å². The van der Waals surface area contributed by atoms with Crippen LogP contribution < -0.4 is 0 Å². The summed E-state index contributed by atoms with van der Waals surface area (Å²) in [4.78, 5) is 14.6. The molecule has 21 heavy (non-hydrogen) atoms. The molecule has 0 bridgehead atoms. The molecule has 1 aromatic heterocycles. The molecule has 116 valence electrons. The molecule has 0 N–H and O–H groups in total. The van der Waals surface area contributed by atoms with E-state index in [0.29, 0.717) is 17.7 Å². The summed E-state index contributed by atoms with van der Waals surface area (Å²) < 4.78 is 1.99. The smallest absolute Gasteiger partial charge is 0.222 e. The van der Waals surface area contributed by atoms with Crippen LogP contribution in [0.5, 0.6) is 0 Å². The van der Waals surface area contributed by atoms with E-state index < -0.39 is 0 Å². The van der Waals surface area contributed by atoms with Crippen LogP contribution in [0, 0.1) is 11.8 Å². The number of likely N-dealkylation sites (tertiary alicyclic amines) is 1. The first-order valence-corrected chi connectivity index (χ1v) is 8.33. The number of aromatic nitrogens is 3. The maximum absolute atomic E-state index is 12.5. The number of piperidine rings is 1. The van der Waals surface area contributed by atoms with Gasteiger partial charge in [-0.3, -0.25) is 4.79 Å². The molecular weight excluding hydrogens is 264 g/mol.